The highest BCUT2D eigenvalue weighted by Gasteiger charge is 2.39. The highest BCUT2D eigenvalue weighted by molar-refractivity contribution is 6.30. The second-order valence-corrected chi connectivity index (χ2v) is 7.09. The Morgan fingerprint density at radius 2 is 1.83 bits per heavy atom. The fourth-order valence-electron chi connectivity index (χ4n) is 3.36. The molecule has 1 aromatic heterocycles. The monoisotopic (exact) mass is 440 g/mol. The van der Waals surface area contributed by atoms with E-state index in [2.05, 4.69) is 9.84 Å². The van der Waals surface area contributed by atoms with Crippen LogP contribution in [0.1, 0.15) is 35.4 Å². The maximum atomic E-state index is 13.2. The van der Waals surface area contributed by atoms with Crippen LogP contribution in [0.4, 0.5) is 26.3 Å². The van der Waals surface area contributed by atoms with Gasteiger partial charge in [0.1, 0.15) is 12.3 Å². The van der Waals surface area contributed by atoms with Gasteiger partial charge in [0.05, 0.1) is 0 Å². The lowest BCUT2D eigenvalue weighted by molar-refractivity contribution is -0.274. The molecule has 11 heteroatoms. The molecule has 1 aromatic carbocycles. The molecule has 0 bridgehead atoms. The van der Waals surface area contributed by atoms with E-state index in [1.165, 1.54) is 12.1 Å². The van der Waals surface area contributed by atoms with Crippen molar-refractivity contribution in [2.45, 2.75) is 51.2 Å². The van der Waals surface area contributed by atoms with Crippen LogP contribution < -0.4 is 4.74 Å². The summed E-state index contributed by atoms with van der Waals surface area (Å²) in [6, 6.07) is 3.43. The van der Waals surface area contributed by atoms with Crippen LogP contribution in [0.2, 0.25) is 5.02 Å². The molecule has 158 valence electrons. The smallest absolute Gasteiger partial charge is 0.405 e. The zero-order valence-electron chi connectivity index (χ0n) is 14.8. The van der Waals surface area contributed by atoms with E-state index in [0.29, 0.717) is 25.0 Å². The Bertz CT molecular complexity index is 920. The molecule has 0 saturated carbocycles. The van der Waals surface area contributed by atoms with Gasteiger partial charge in [0.2, 0.25) is 0 Å². The first-order chi connectivity index (χ1) is 13.4. The Hall–Kier alpha value is -2.23. The third kappa shape index (κ3) is 5.23. The molecule has 29 heavy (non-hydrogen) atoms. The van der Waals surface area contributed by atoms with Crippen molar-refractivity contribution in [1.82, 2.24) is 9.78 Å². The van der Waals surface area contributed by atoms with Crippen LogP contribution in [-0.4, -0.2) is 21.9 Å². The number of aromatic nitrogens is 2. The normalized spacial score (nSPS) is 14.6. The molecule has 0 spiro atoms. The molecule has 0 radical (unpaired) electrons. The van der Waals surface area contributed by atoms with Gasteiger partial charge in [0.25, 0.3) is 0 Å². The minimum Gasteiger partial charge on any atom is -0.405 e. The molecule has 1 aliphatic rings. The number of benzene rings is 1. The number of rotatable bonds is 5. The van der Waals surface area contributed by atoms with Crippen molar-refractivity contribution >= 4 is 17.4 Å². The predicted molar refractivity (Wildman–Crippen MR) is 90.7 cm³/mol. The molecule has 0 N–H and O–H groups in total. The summed E-state index contributed by atoms with van der Waals surface area (Å²) in [4.78, 5) is 12.4. The van der Waals surface area contributed by atoms with Gasteiger partial charge in [-0.3, -0.25) is 9.48 Å². The van der Waals surface area contributed by atoms with Crippen LogP contribution in [0.5, 0.6) is 5.75 Å². The molecule has 1 aliphatic carbocycles. The first-order valence-electron chi connectivity index (χ1n) is 8.65. The van der Waals surface area contributed by atoms with Gasteiger partial charge in [0, 0.05) is 28.3 Å². The second kappa shape index (κ2) is 7.89. The first kappa shape index (κ1) is 21.5. The van der Waals surface area contributed by atoms with Crippen LogP contribution in [0.3, 0.4) is 0 Å². The number of halogens is 7. The summed E-state index contributed by atoms with van der Waals surface area (Å²) in [6.45, 7) is -0.480. The topological polar surface area (TPSA) is 44.1 Å². The van der Waals surface area contributed by atoms with Crippen LogP contribution in [0.15, 0.2) is 18.2 Å². The summed E-state index contributed by atoms with van der Waals surface area (Å²) < 4.78 is 82.3. The molecule has 0 saturated heterocycles. The number of alkyl halides is 6. The number of ketones is 1. The molecule has 0 amide bonds. The number of carbonyl (C=O) groups is 1. The number of ether oxygens (including phenoxy) is 1. The number of nitrogens with zero attached hydrogens (tertiary/aromatic N) is 2. The summed E-state index contributed by atoms with van der Waals surface area (Å²) in [6.07, 6.45) is -8.25. The van der Waals surface area contributed by atoms with E-state index in [4.69, 9.17) is 11.6 Å². The number of Topliss-reactive ketones (excluding diaryl/α,β-unsaturated/α-hetero) is 1. The van der Waals surface area contributed by atoms with Gasteiger partial charge in [-0.1, -0.05) is 17.7 Å². The van der Waals surface area contributed by atoms with Crippen molar-refractivity contribution in [3.63, 3.8) is 0 Å². The third-order valence-electron chi connectivity index (χ3n) is 4.49. The Morgan fingerprint density at radius 3 is 2.48 bits per heavy atom. The Kier molecular flexibility index (Phi) is 5.84. The van der Waals surface area contributed by atoms with Gasteiger partial charge in [-0.15, -0.1) is 13.2 Å². The van der Waals surface area contributed by atoms with E-state index in [1.807, 2.05) is 0 Å². The Labute approximate surface area is 166 Å². The minimum atomic E-state index is -4.98. The lowest BCUT2D eigenvalue weighted by Gasteiger charge is -2.15. The van der Waals surface area contributed by atoms with Gasteiger partial charge in [-0.2, -0.15) is 18.3 Å². The van der Waals surface area contributed by atoms with Crippen LogP contribution >= 0.6 is 11.6 Å². The fraction of sp³-hybridized carbons (Fsp3) is 0.444. The summed E-state index contributed by atoms with van der Waals surface area (Å²) in [7, 11) is 0. The molecule has 4 nitrogen and oxygen atoms in total. The van der Waals surface area contributed by atoms with Crippen molar-refractivity contribution in [2.24, 2.45) is 0 Å². The molecule has 0 unspecified atom stereocenters. The lowest BCUT2D eigenvalue weighted by atomic mass is 9.95. The maximum Gasteiger partial charge on any atom is 0.573 e. The average molecular weight is 441 g/mol. The van der Waals surface area contributed by atoms with Crippen LogP contribution in [0.25, 0.3) is 0 Å². The van der Waals surface area contributed by atoms with E-state index in [0.717, 1.165) is 10.7 Å². The first-order valence-corrected chi connectivity index (χ1v) is 9.03. The number of hydrogen-bond donors (Lipinski definition) is 0. The molecule has 2 aromatic rings. The molecular weight excluding hydrogens is 426 g/mol. The summed E-state index contributed by atoms with van der Waals surface area (Å²) in [5, 5.41) is 3.56. The molecule has 0 aliphatic heterocycles. The van der Waals surface area contributed by atoms with E-state index in [9.17, 15) is 31.1 Å². The van der Waals surface area contributed by atoms with E-state index < -0.39 is 42.7 Å². The van der Waals surface area contributed by atoms with E-state index >= 15 is 0 Å². The third-order valence-corrected chi connectivity index (χ3v) is 4.73. The quantitative estimate of drug-likeness (QED) is 0.604. The largest absolute Gasteiger partial charge is 0.573 e. The highest BCUT2D eigenvalue weighted by Crippen LogP contribution is 2.36. The van der Waals surface area contributed by atoms with Crippen molar-refractivity contribution < 1.29 is 35.9 Å². The molecule has 0 fully saturated rings. The summed E-state index contributed by atoms with van der Waals surface area (Å²) in [5.41, 5.74) is -0.648. The highest BCUT2D eigenvalue weighted by atomic mass is 35.5. The molecule has 3 rings (SSSR count). The van der Waals surface area contributed by atoms with Crippen molar-refractivity contribution in [3.8, 4) is 5.75 Å². The van der Waals surface area contributed by atoms with E-state index in [1.54, 1.807) is 0 Å². The summed E-state index contributed by atoms with van der Waals surface area (Å²) >= 11 is 5.68. The maximum absolute atomic E-state index is 13.2. The predicted octanol–water partition coefficient (Wildman–Crippen LogP) is 5.14. The Balaban J connectivity index is 1.83. The van der Waals surface area contributed by atoms with Gasteiger partial charge in [-0.05, 0) is 37.8 Å². The SMILES string of the molecule is O=C(Cc1ccc(Cl)cc1OC(F)(F)F)Cn1nc(C(F)(F)F)c2c1CCCC2. The molecular formula is C18H15ClF6N2O2. The molecule has 1 heterocycles. The number of carbonyl (C=O) groups excluding carboxylic acids is 1. The van der Waals surface area contributed by atoms with Crippen molar-refractivity contribution in [2.75, 3.05) is 0 Å². The average Bonchev–Trinajstić information content (AvgIpc) is 2.95. The van der Waals surface area contributed by atoms with Gasteiger partial charge >= 0.3 is 12.5 Å². The van der Waals surface area contributed by atoms with Crippen molar-refractivity contribution in [1.29, 1.82) is 0 Å². The molecule has 0 atom stereocenters. The number of fused-ring (bicyclic) bond motifs is 1. The zero-order chi connectivity index (χ0) is 21.4. The Morgan fingerprint density at radius 1 is 1.14 bits per heavy atom. The van der Waals surface area contributed by atoms with Crippen molar-refractivity contribution in [3.05, 3.63) is 45.7 Å². The van der Waals surface area contributed by atoms with Gasteiger partial charge in [-0.25, -0.2) is 0 Å². The van der Waals surface area contributed by atoms with E-state index in [-0.39, 0.29) is 22.6 Å². The second-order valence-electron chi connectivity index (χ2n) is 6.65. The lowest BCUT2D eigenvalue weighted by Crippen LogP contribution is -2.20. The van der Waals surface area contributed by atoms with Gasteiger partial charge in [0.15, 0.2) is 11.5 Å². The van der Waals surface area contributed by atoms with Crippen LogP contribution in [-0.2, 0) is 36.8 Å². The van der Waals surface area contributed by atoms with Gasteiger partial charge < -0.3 is 4.74 Å². The zero-order valence-corrected chi connectivity index (χ0v) is 15.6. The standard InChI is InChI=1S/C18H15ClF6N2O2/c19-11-6-5-10(15(8-11)29-18(23,24)25)7-12(28)9-27-14-4-2-1-3-13(14)16(26-27)17(20,21)22/h5-6,8H,1-4,7,9H2. The fourth-order valence-corrected chi connectivity index (χ4v) is 3.52. The minimum absolute atomic E-state index is 0.0172. The van der Waals surface area contributed by atoms with Crippen LogP contribution in [0, 0.1) is 0 Å². The summed E-state index contributed by atoms with van der Waals surface area (Å²) in [5.74, 6) is -1.24. The number of hydrogen-bond acceptors (Lipinski definition) is 3.